The number of pyridine rings is 1. The Hall–Kier alpha value is -3.04. The van der Waals surface area contributed by atoms with Crippen molar-refractivity contribution >= 4 is 40.2 Å². The average molecular weight is 479 g/mol. The second-order valence-corrected chi connectivity index (χ2v) is 8.60. The average Bonchev–Trinajstić information content (AvgIpc) is 3.30. The summed E-state index contributed by atoms with van der Waals surface area (Å²) in [6, 6.07) is 7.97. The lowest BCUT2D eigenvalue weighted by Gasteiger charge is -2.35. The summed E-state index contributed by atoms with van der Waals surface area (Å²) in [7, 11) is 0. The van der Waals surface area contributed by atoms with Crippen molar-refractivity contribution in [3.05, 3.63) is 36.0 Å². The quantitative estimate of drug-likeness (QED) is 0.718. The van der Waals surface area contributed by atoms with Gasteiger partial charge in [-0.1, -0.05) is 0 Å². The van der Waals surface area contributed by atoms with Gasteiger partial charge >= 0.3 is 6.18 Å². The molecule has 2 saturated heterocycles. The number of nitrogens with zero attached hydrogens (tertiary/aromatic N) is 4. The normalized spacial score (nSPS) is 21.2. The lowest BCUT2D eigenvalue weighted by atomic mass is 10.1. The van der Waals surface area contributed by atoms with Gasteiger partial charge in [0.05, 0.1) is 42.7 Å². The molecule has 8 nitrogen and oxygen atoms in total. The minimum absolute atomic E-state index is 0.0663. The minimum Gasteiger partial charge on any atom is -0.366 e. The molecule has 1 N–H and O–H groups in total. The molecule has 33 heavy (non-hydrogen) atoms. The van der Waals surface area contributed by atoms with Gasteiger partial charge in [-0.15, -0.1) is 11.8 Å². The topological polar surface area (TPSA) is 98.6 Å². The van der Waals surface area contributed by atoms with Crippen LogP contribution < -0.4 is 10.2 Å². The van der Waals surface area contributed by atoms with Gasteiger partial charge in [-0.2, -0.15) is 18.4 Å². The Labute approximate surface area is 191 Å². The van der Waals surface area contributed by atoms with Gasteiger partial charge in [-0.3, -0.25) is 14.6 Å². The number of fused-ring (bicyclic) bond motifs is 1. The minimum atomic E-state index is -4.47. The van der Waals surface area contributed by atoms with Gasteiger partial charge in [-0.25, -0.2) is 0 Å². The number of anilines is 1. The lowest BCUT2D eigenvalue weighted by Crippen LogP contribution is -2.49. The highest BCUT2D eigenvalue weighted by Crippen LogP contribution is 2.30. The summed E-state index contributed by atoms with van der Waals surface area (Å²) in [5.74, 6) is 0.0614. The highest BCUT2D eigenvalue weighted by Gasteiger charge is 2.43. The standard InChI is InChI=1S/C21H20F3N5O3S/c22-21(23,24)18-10-28(5-6-32-18)13-1-2-17-16(7-13)15(3-4-26-17)20(31)27-9-19(30)29-12-33-11-14(29)8-25/h1-4,7,14,18H,5-6,9-12H2,(H,27,31)/t14-,18-/m1/s1. The lowest BCUT2D eigenvalue weighted by molar-refractivity contribution is -0.221. The van der Waals surface area contributed by atoms with Crippen molar-refractivity contribution in [2.24, 2.45) is 0 Å². The van der Waals surface area contributed by atoms with E-state index in [-0.39, 0.29) is 37.7 Å². The molecule has 0 bridgehead atoms. The second kappa shape index (κ2) is 9.44. The summed E-state index contributed by atoms with van der Waals surface area (Å²) < 4.78 is 44.1. The largest absolute Gasteiger partial charge is 0.416 e. The fourth-order valence-corrected chi connectivity index (χ4v) is 4.86. The molecule has 0 unspecified atom stereocenters. The molecular weight excluding hydrogens is 459 g/mol. The Morgan fingerprint density at radius 1 is 1.33 bits per heavy atom. The summed E-state index contributed by atoms with van der Waals surface area (Å²) in [6.45, 7) is -0.400. The molecule has 12 heteroatoms. The number of halogens is 3. The highest BCUT2D eigenvalue weighted by molar-refractivity contribution is 7.99. The summed E-state index contributed by atoms with van der Waals surface area (Å²) >= 11 is 1.47. The number of aromatic nitrogens is 1. The maximum Gasteiger partial charge on any atom is 0.416 e. The van der Waals surface area contributed by atoms with Gasteiger partial charge < -0.3 is 19.9 Å². The van der Waals surface area contributed by atoms with Crippen LogP contribution in [0.2, 0.25) is 0 Å². The molecule has 2 aliphatic heterocycles. The Kier molecular flexibility index (Phi) is 6.62. The van der Waals surface area contributed by atoms with E-state index in [2.05, 4.69) is 16.4 Å². The summed E-state index contributed by atoms with van der Waals surface area (Å²) in [5, 5.41) is 12.2. The van der Waals surface area contributed by atoms with Gasteiger partial charge in [0.25, 0.3) is 5.91 Å². The predicted octanol–water partition coefficient (Wildman–Crippen LogP) is 2.16. The number of carbonyl (C=O) groups excluding carboxylic acids is 2. The summed E-state index contributed by atoms with van der Waals surface area (Å²) in [4.78, 5) is 32.5. The molecular formula is C21H20F3N5O3S. The fraction of sp³-hybridized carbons (Fsp3) is 0.429. The Bertz CT molecular complexity index is 1110. The van der Waals surface area contributed by atoms with Gasteiger partial charge in [0.2, 0.25) is 5.91 Å². The van der Waals surface area contributed by atoms with E-state index >= 15 is 0 Å². The zero-order chi connectivity index (χ0) is 23.6. The summed E-state index contributed by atoms with van der Waals surface area (Å²) in [5.41, 5.74) is 1.27. The molecule has 174 valence electrons. The van der Waals surface area contributed by atoms with Crippen LogP contribution in [0, 0.1) is 11.3 Å². The van der Waals surface area contributed by atoms with Crippen molar-refractivity contribution in [3.8, 4) is 6.07 Å². The number of hydrogen-bond donors (Lipinski definition) is 1. The van der Waals surface area contributed by atoms with Crippen molar-refractivity contribution in [2.45, 2.75) is 18.3 Å². The SMILES string of the molecule is N#C[C@@H]1CSCN1C(=O)CNC(=O)c1ccnc2ccc(N3CCO[C@@H](C(F)(F)F)C3)cc12. The number of nitriles is 1. The number of rotatable bonds is 4. The molecule has 2 atom stereocenters. The third-order valence-electron chi connectivity index (χ3n) is 5.52. The molecule has 2 aliphatic rings. The van der Waals surface area contributed by atoms with Crippen LogP contribution in [0.25, 0.3) is 10.9 Å². The maximum atomic E-state index is 13.1. The van der Waals surface area contributed by atoms with Crippen LogP contribution in [0.4, 0.5) is 18.9 Å². The van der Waals surface area contributed by atoms with E-state index in [1.54, 1.807) is 23.1 Å². The molecule has 0 spiro atoms. The molecule has 4 rings (SSSR count). The first-order chi connectivity index (χ1) is 15.8. The highest BCUT2D eigenvalue weighted by atomic mass is 32.2. The first-order valence-electron chi connectivity index (χ1n) is 10.1. The number of thioether (sulfide) groups is 1. The zero-order valence-corrected chi connectivity index (χ0v) is 18.2. The van der Waals surface area contributed by atoms with E-state index < -0.39 is 24.2 Å². The van der Waals surface area contributed by atoms with Crippen molar-refractivity contribution in [2.75, 3.05) is 42.8 Å². The Morgan fingerprint density at radius 2 is 2.15 bits per heavy atom. The van der Waals surface area contributed by atoms with Crippen molar-refractivity contribution in [1.82, 2.24) is 15.2 Å². The van der Waals surface area contributed by atoms with Crippen LogP contribution in [0.1, 0.15) is 10.4 Å². The maximum absolute atomic E-state index is 13.1. The molecule has 0 aliphatic carbocycles. The van der Waals surface area contributed by atoms with Gasteiger partial charge in [-0.05, 0) is 24.3 Å². The monoisotopic (exact) mass is 479 g/mol. The van der Waals surface area contributed by atoms with Crippen molar-refractivity contribution in [1.29, 1.82) is 5.26 Å². The van der Waals surface area contributed by atoms with Crippen LogP contribution in [0.15, 0.2) is 30.5 Å². The van der Waals surface area contributed by atoms with E-state index in [0.29, 0.717) is 28.2 Å². The van der Waals surface area contributed by atoms with Crippen LogP contribution in [0.3, 0.4) is 0 Å². The Balaban J connectivity index is 1.51. The van der Waals surface area contributed by atoms with Gasteiger partial charge in [0, 0.05) is 29.6 Å². The Morgan fingerprint density at radius 3 is 2.91 bits per heavy atom. The number of ether oxygens (including phenoxy) is 1. The number of hydrogen-bond acceptors (Lipinski definition) is 7. The third-order valence-corrected chi connectivity index (χ3v) is 6.53. The van der Waals surface area contributed by atoms with E-state index in [0.717, 1.165) is 0 Å². The molecule has 2 amide bonds. The van der Waals surface area contributed by atoms with Crippen molar-refractivity contribution < 1.29 is 27.5 Å². The van der Waals surface area contributed by atoms with Crippen LogP contribution in [-0.2, 0) is 9.53 Å². The molecule has 0 saturated carbocycles. The molecule has 3 heterocycles. The van der Waals surface area contributed by atoms with E-state index in [1.165, 1.54) is 28.9 Å². The van der Waals surface area contributed by atoms with Crippen molar-refractivity contribution in [3.63, 3.8) is 0 Å². The van der Waals surface area contributed by atoms with Crippen LogP contribution >= 0.6 is 11.8 Å². The second-order valence-electron chi connectivity index (χ2n) is 7.60. The molecule has 1 aromatic heterocycles. The van der Waals surface area contributed by atoms with Crippen LogP contribution in [0.5, 0.6) is 0 Å². The number of benzene rings is 1. The number of carbonyl (C=O) groups is 2. The predicted molar refractivity (Wildman–Crippen MR) is 116 cm³/mol. The van der Waals surface area contributed by atoms with Gasteiger partial charge in [0.1, 0.15) is 6.04 Å². The smallest absolute Gasteiger partial charge is 0.366 e. The number of alkyl halides is 3. The molecule has 2 aromatic rings. The number of morpholine rings is 1. The number of amides is 2. The van der Waals surface area contributed by atoms with Crippen LogP contribution in [-0.4, -0.2) is 77.9 Å². The fourth-order valence-electron chi connectivity index (χ4n) is 3.76. The van der Waals surface area contributed by atoms with Gasteiger partial charge in [0.15, 0.2) is 6.10 Å². The van der Waals surface area contributed by atoms with E-state index in [9.17, 15) is 22.8 Å². The molecule has 0 radical (unpaired) electrons. The molecule has 2 fully saturated rings. The zero-order valence-electron chi connectivity index (χ0n) is 17.3. The molecule has 1 aromatic carbocycles. The number of nitrogens with one attached hydrogen (secondary N) is 1. The van der Waals surface area contributed by atoms with E-state index in [1.807, 2.05) is 0 Å². The first-order valence-corrected chi connectivity index (χ1v) is 11.3. The first kappa shape index (κ1) is 23.1. The third kappa shape index (κ3) is 4.99. The van der Waals surface area contributed by atoms with E-state index in [4.69, 9.17) is 10.00 Å². The summed E-state index contributed by atoms with van der Waals surface area (Å²) in [6.07, 6.45) is -4.89.